The molecule has 1 unspecified atom stereocenters. The Morgan fingerprint density at radius 2 is 1.80 bits per heavy atom. The maximum absolute atomic E-state index is 12.7. The molecule has 0 amide bonds. The van der Waals surface area contributed by atoms with Crippen LogP contribution in [0.15, 0.2) is 30.3 Å². The third-order valence-electron chi connectivity index (χ3n) is 4.81. The van der Waals surface area contributed by atoms with E-state index in [9.17, 15) is 4.79 Å². The molecule has 5 heteroatoms. The summed E-state index contributed by atoms with van der Waals surface area (Å²) in [6.45, 7) is 10.1. The number of piperidine rings is 1. The zero-order chi connectivity index (χ0) is 18.3. The van der Waals surface area contributed by atoms with Crippen molar-refractivity contribution in [1.29, 1.82) is 0 Å². The summed E-state index contributed by atoms with van der Waals surface area (Å²) in [5, 5.41) is 0. The van der Waals surface area contributed by atoms with E-state index in [4.69, 9.17) is 14.2 Å². The summed E-state index contributed by atoms with van der Waals surface area (Å²) in [5.74, 6) is -0.901. The molecule has 1 aliphatic rings. The molecule has 0 aromatic heterocycles. The van der Waals surface area contributed by atoms with E-state index in [1.807, 2.05) is 39.0 Å². The molecule has 0 spiro atoms. The Kier molecular flexibility index (Phi) is 7.41. The molecule has 1 aromatic carbocycles. The number of rotatable bonds is 8. The lowest BCUT2D eigenvalue weighted by atomic mass is 9.92. The fraction of sp³-hybridized carbons (Fsp3) is 0.650. The van der Waals surface area contributed by atoms with E-state index in [1.165, 1.54) is 5.56 Å². The summed E-state index contributed by atoms with van der Waals surface area (Å²) in [7, 11) is 0. The summed E-state index contributed by atoms with van der Waals surface area (Å²) in [4.78, 5) is 14.9. The van der Waals surface area contributed by atoms with Gasteiger partial charge in [-0.25, -0.2) is 0 Å². The Morgan fingerprint density at radius 1 is 1.16 bits per heavy atom. The van der Waals surface area contributed by atoms with Crippen LogP contribution in [0.5, 0.6) is 0 Å². The molecule has 2 atom stereocenters. The smallest absolute Gasteiger partial charge is 0.323 e. The van der Waals surface area contributed by atoms with Crippen LogP contribution in [-0.2, 0) is 19.0 Å². The number of nitrogens with zero attached hydrogens (tertiary/aromatic N) is 1. The monoisotopic (exact) mass is 349 g/mol. The first-order chi connectivity index (χ1) is 12.1. The standard InChI is InChI=1S/C20H31NO4/c1-5-23-19(22)18-15-20(24-6-2,25-7-3)13-14-21(18)16(4)17-11-9-8-10-12-17/h8-12,16,18H,5-7,13-15H2,1-4H3/t16?,18-/m1/s1. The second-order valence-electron chi connectivity index (χ2n) is 6.32. The first-order valence-corrected chi connectivity index (χ1v) is 9.32. The Bertz CT molecular complexity index is 528. The van der Waals surface area contributed by atoms with Gasteiger partial charge in [-0.2, -0.15) is 0 Å². The second kappa shape index (κ2) is 9.32. The molecule has 1 aromatic rings. The van der Waals surface area contributed by atoms with Crippen molar-refractivity contribution in [3.05, 3.63) is 35.9 Å². The van der Waals surface area contributed by atoms with Crippen LogP contribution in [0.4, 0.5) is 0 Å². The van der Waals surface area contributed by atoms with Gasteiger partial charge in [-0.05, 0) is 33.3 Å². The average Bonchev–Trinajstić information content (AvgIpc) is 2.62. The third-order valence-corrected chi connectivity index (χ3v) is 4.81. The normalized spacial score (nSPS) is 21.7. The topological polar surface area (TPSA) is 48.0 Å². The molecule has 0 aliphatic carbocycles. The molecule has 0 bridgehead atoms. The number of carbonyl (C=O) groups excluding carboxylic acids is 1. The summed E-state index contributed by atoms with van der Waals surface area (Å²) in [6, 6.07) is 10.0. The maximum atomic E-state index is 12.7. The molecule has 25 heavy (non-hydrogen) atoms. The van der Waals surface area contributed by atoms with Gasteiger partial charge in [-0.15, -0.1) is 0 Å². The minimum absolute atomic E-state index is 0.122. The molecule has 0 saturated carbocycles. The van der Waals surface area contributed by atoms with Gasteiger partial charge in [0.2, 0.25) is 0 Å². The lowest BCUT2D eigenvalue weighted by Gasteiger charge is -2.46. The summed E-state index contributed by atoms with van der Waals surface area (Å²) in [6.07, 6.45) is 1.23. The molecular weight excluding hydrogens is 318 g/mol. The highest BCUT2D eigenvalue weighted by molar-refractivity contribution is 5.76. The van der Waals surface area contributed by atoms with Crippen molar-refractivity contribution in [2.45, 2.75) is 58.4 Å². The van der Waals surface area contributed by atoms with Crippen molar-refractivity contribution in [2.24, 2.45) is 0 Å². The van der Waals surface area contributed by atoms with Crippen molar-refractivity contribution in [2.75, 3.05) is 26.4 Å². The number of benzene rings is 1. The van der Waals surface area contributed by atoms with Gasteiger partial charge in [0.25, 0.3) is 0 Å². The Morgan fingerprint density at radius 3 is 2.36 bits per heavy atom. The highest BCUT2D eigenvalue weighted by atomic mass is 16.7. The zero-order valence-electron chi connectivity index (χ0n) is 15.9. The molecule has 1 fully saturated rings. The maximum Gasteiger partial charge on any atom is 0.323 e. The highest BCUT2D eigenvalue weighted by Crippen LogP contribution is 2.36. The number of likely N-dealkylation sites (tertiary alicyclic amines) is 1. The van der Waals surface area contributed by atoms with E-state index in [0.717, 1.165) is 13.0 Å². The number of carbonyl (C=O) groups is 1. The Balaban J connectivity index is 2.25. The number of hydrogen-bond donors (Lipinski definition) is 0. The van der Waals surface area contributed by atoms with Crippen LogP contribution >= 0.6 is 0 Å². The van der Waals surface area contributed by atoms with Gasteiger partial charge < -0.3 is 14.2 Å². The first-order valence-electron chi connectivity index (χ1n) is 9.32. The van der Waals surface area contributed by atoms with Gasteiger partial charge in [0, 0.05) is 38.6 Å². The summed E-state index contributed by atoms with van der Waals surface area (Å²) < 4.78 is 17.2. The van der Waals surface area contributed by atoms with E-state index in [-0.39, 0.29) is 18.1 Å². The van der Waals surface area contributed by atoms with E-state index in [0.29, 0.717) is 26.2 Å². The van der Waals surface area contributed by atoms with Crippen LogP contribution in [0.1, 0.15) is 52.1 Å². The minimum atomic E-state index is -0.701. The number of hydrogen-bond acceptors (Lipinski definition) is 5. The fourth-order valence-electron chi connectivity index (χ4n) is 3.64. The predicted molar refractivity (Wildman–Crippen MR) is 97.2 cm³/mol. The van der Waals surface area contributed by atoms with Gasteiger partial charge in [-0.1, -0.05) is 30.3 Å². The van der Waals surface area contributed by atoms with Crippen molar-refractivity contribution in [3.63, 3.8) is 0 Å². The Hall–Kier alpha value is -1.43. The zero-order valence-corrected chi connectivity index (χ0v) is 15.9. The van der Waals surface area contributed by atoms with Crippen LogP contribution < -0.4 is 0 Å². The first kappa shape index (κ1) is 19.9. The van der Waals surface area contributed by atoms with Crippen molar-refractivity contribution < 1.29 is 19.0 Å². The lowest BCUT2D eigenvalue weighted by molar-refractivity contribution is -0.263. The lowest BCUT2D eigenvalue weighted by Crippen LogP contribution is -2.56. The van der Waals surface area contributed by atoms with Gasteiger partial charge in [-0.3, -0.25) is 9.69 Å². The molecule has 1 heterocycles. The molecule has 1 saturated heterocycles. The largest absolute Gasteiger partial charge is 0.465 e. The van der Waals surface area contributed by atoms with E-state index in [1.54, 1.807) is 0 Å². The van der Waals surface area contributed by atoms with Crippen LogP contribution in [-0.4, -0.2) is 49.1 Å². The second-order valence-corrected chi connectivity index (χ2v) is 6.32. The van der Waals surface area contributed by atoms with Crippen LogP contribution in [0.25, 0.3) is 0 Å². The van der Waals surface area contributed by atoms with E-state index >= 15 is 0 Å². The van der Waals surface area contributed by atoms with Crippen LogP contribution in [0.2, 0.25) is 0 Å². The van der Waals surface area contributed by atoms with Gasteiger partial charge in [0.05, 0.1) is 6.61 Å². The molecule has 140 valence electrons. The van der Waals surface area contributed by atoms with Crippen molar-refractivity contribution in [1.82, 2.24) is 4.90 Å². The molecule has 5 nitrogen and oxygen atoms in total. The van der Waals surface area contributed by atoms with Gasteiger partial charge >= 0.3 is 5.97 Å². The van der Waals surface area contributed by atoms with Gasteiger partial charge in [0.15, 0.2) is 5.79 Å². The third kappa shape index (κ3) is 4.81. The van der Waals surface area contributed by atoms with Crippen molar-refractivity contribution >= 4 is 5.97 Å². The molecule has 0 radical (unpaired) electrons. The molecule has 1 aliphatic heterocycles. The minimum Gasteiger partial charge on any atom is -0.465 e. The summed E-state index contributed by atoms with van der Waals surface area (Å²) >= 11 is 0. The van der Waals surface area contributed by atoms with Crippen LogP contribution in [0, 0.1) is 0 Å². The van der Waals surface area contributed by atoms with E-state index < -0.39 is 5.79 Å². The van der Waals surface area contributed by atoms with Crippen LogP contribution in [0.3, 0.4) is 0 Å². The van der Waals surface area contributed by atoms with Gasteiger partial charge in [0.1, 0.15) is 6.04 Å². The SMILES string of the molecule is CCOC(=O)[C@H]1CC(OCC)(OCC)CCN1C(C)c1ccccc1. The number of ether oxygens (including phenoxy) is 3. The number of esters is 1. The Labute approximate surface area is 151 Å². The van der Waals surface area contributed by atoms with Crippen molar-refractivity contribution in [3.8, 4) is 0 Å². The molecule has 2 rings (SSSR count). The highest BCUT2D eigenvalue weighted by Gasteiger charge is 2.46. The molecular formula is C20H31NO4. The predicted octanol–water partition coefficient (Wildman–Crippen LogP) is 3.54. The summed E-state index contributed by atoms with van der Waals surface area (Å²) in [5.41, 5.74) is 1.19. The average molecular weight is 349 g/mol. The van der Waals surface area contributed by atoms with E-state index in [2.05, 4.69) is 24.0 Å². The fourth-order valence-corrected chi connectivity index (χ4v) is 3.64. The quantitative estimate of drug-likeness (QED) is 0.531. The molecule has 0 N–H and O–H groups in total.